The number of nitrogens with zero attached hydrogens (tertiary/aromatic N) is 2. The summed E-state index contributed by atoms with van der Waals surface area (Å²) in [5.74, 6) is 0.176. The number of nitrogens with one attached hydrogen (secondary N) is 3. The molecule has 10 heteroatoms. The molecule has 1 heterocycles. The van der Waals surface area contributed by atoms with Crippen molar-refractivity contribution in [3.05, 3.63) is 70.4 Å². The van der Waals surface area contributed by atoms with Crippen molar-refractivity contribution in [2.24, 2.45) is 0 Å². The molecule has 0 fully saturated rings. The van der Waals surface area contributed by atoms with Gasteiger partial charge in [-0.1, -0.05) is 50.6 Å². The van der Waals surface area contributed by atoms with Gasteiger partial charge in [0.1, 0.15) is 5.82 Å². The largest absolute Gasteiger partial charge is 0.394 e. The normalized spacial score (nSPS) is 12.2. The molecule has 0 aliphatic rings. The van der Waals surface area contributed by atoms with Crippen molar-refractivity contribution in [1.82, 2.24) is 15.1 Å². The predicted molar refractivity (Wildman–Crippen MR) is 141 cm³/mol. The monoisotopic (exact) mass is 513 g/mol. The van der Waals surface area contributed by atoms with Crippen LogP contribution in [0.2, 0.25) is 5.02 Å². The molecule has 3 amide bonds. The van der Waals surface area contributed by atoms with Crippen LogP contribution < -0.4 is 16.0 Å². The molecule has 0 aliphatic heterocycles. The highest BCUT2D eigenvalue weighted by Crippen LogP contribution is 2.27. The first kappa shape index (κ1) is 27.2. The Hall–Kier alpha value is -3.40. The molecular formula is C26H32ClN5O4. The van der Waals surface area contributed by atoms with Crippen LogP contribution in [0.5, 0.6) is 0 Å². The van der Waals surface area contributed by atoms with Crippen LogP contribution in [0.25, 0.3) is 5.69 Å². The van der Waals surface area contributed by atoms with Crippen LogP contribution in [0.1, 0.15) is 37.6 Å². The molecule has 3 rings (SSSR count). The summed E-state index contributed by atoms with van der Waals surface area (Å²) >= 11 is 6.17. The lowest BCUT2D eigenvalue weighted by Gasteiger charge is -2.14. The molecule has 0 saturated carbocycles. The van der Waals surface area contributed by atoms with Gasteiger partial charge in [0, 0.05) is 28.7 Å². The molecule has 0 bridgehead atoms. The summed E-state index contributed by atoms with van der Waals surface area (Å²) in [6, 6.07) is 13.9. The van der Waals surface area contributed by atoms with E-state index in [2.05, 4.69) is 16.0 Å². The van der Waals surface area contributed by atoms with Crippen molar-refractivity contribution in [2.75, 3.05) is 23.8 Å². The smallest absolute Gasteiger partial charge is 0.324 e. The van der Waals surface area contributed by atoms with Gasteiger partial charge in [0.15, 0.2) is 0 Å². The summed E-state index contributed by atoms with van der Waals surface area (Å²) in [5, 5.41) is 31.9. The molecule has 1 unspecified atom stereocenters. The van der Waals surface area contributed by atoms with Crippen LogP contribution in [0.4, 0.5) is 16.3 Å². The number of aromatic nitrogens is 2. The Balaban J connectivity index is 1.84. The topological polar surface area (TPSA) is 129 Å². The first-order valence-electron chi connectivity index (χ1n) is 11.6. The third-order valence-electron chi connectivity index (χ3n) is 5.50. The fraction of sp³-hybridized carbons (Fsp3) is 0.346. The molecule has 1 atom stereocenters. The number of urea groups is 1. The van der Waals surface area contributed by atoms with Crippen molar-refractivity contribution in [2.45, 2.75) is 45.6 Å². The van der Waals surface area contributed by atoms with Crippen LogP contribution in [0.3, 0.4) is 0 Å². The number of benzene rings is 2. The second-order valence-electron chi connectivity index (χ2n) is 9.56. The summed E-state index contributed by atoms with van der Waals surface area (Å²) in [6.07, 6.45) is -0.924. The molecule has 5 N–H and O–H groups in total. The summed E-state index contributed by atoms with van der Waals surface area (Å²) in [4.78, 5) is 25.1. The van der Waals surface area contributed by atoms with Crippen molar-refractivity contribution < 1.29 is 19.8 Å². The van der Waals surface area contributed by atoms with E-state index in [1.165, 1.54) is 0 Å². The summed E-state index contributed by atoms with van der Waals surface area (Å²) in [6.45, 7) is 7.46. The molecule has 0 saturated heterocycles. The fourth-order valence-corrected chi connectivity index (χ4v) is 3.56. The maximum atomic E-state index is 12.9. The van der Waals surface area contributed by atoms with Crippen molar-refractivity contribution in [3.63, 3.8) is 0 Å². The molecule has 3 aromatic rings. The number of rotatable bonds is 8. The lowest BCUT2D eigenvalue weighted by atomic mass is 9.92. The van der Waals surface area contributed by atoms with E-state index in [0.29, 0.717) is 22.2 Å². The van der Waals surface area contributed by atoms with Gasteiger partial charge < -0.3 is 20.8 Å². The van der Waals surface area contributed by atoms with Gasteiger partial charge in [-0.2, -0.15) is 5.10 Å². The van der Waals surface area contributed by atoms with Crippen LogP contribution >= 0.6 is 11.6 Å². The SMILES string of the molecule is Cc1c(Cl)cccc1NC(=O)Nc1cc(C(C)(C)C)nn1-c1cccc(CC(=O)NCC(O)CO)c1. The highest BCUT2D eigenvalue weighted by Gasteiger charge is 2.22. The van der Waals surface area contributed by atoms with Crippen LogP contribution in [-0.4, -0.2) is 51.2 Å². The number of hydrogen-bond donors (Lipinski definition) is 5. The maximum absolute atomic E-state index is 12.9. The van der Waals surface area contributed by atoms with E-state index in [-0.39, 0.29) is 24.3 Å². The van der Waals surface area contributed by atoms with Crippen LogP contribution in [-0.2, 0) is 16.6 Å². The number of amides is 3. The van der Waals surface area contributed by atoms with E-state index < -0.39 is 18.7 Å². The Labute approximate surface area is 215 Å². The number of aliphatic hydroxyl groups is 2. The molecule has 0 aliphatic carbocycles. The Bertz CT molecular complexity index is 1240. The fourth-order valence-electron chi connectivity index (χ4n) is 3.39. The molecule has 36 heavy (non-hydrogen) atoms. The van der Waals surface area contributed by atoms with E-state index in [9.17, 15) is 14.7 Å². The van der Waals surface area contributed by atoms with Crippen LogP contribution in [0.15, 0.2) is 48.5 Å². The quantitative estimate of drug-likeness (QED) is 0.313. The average molecular weight is 514 g/mol. The molecular weight excluding hydrogens is 482 g/mol. The number of hydrogen-bond acceptors (Lipinski definition) is 5. The Morgan fingerprint density at radius 1 is 1.11 bits per heavy atom. The minimum absolute atomic E-state index is 0.0294. The molecule has 0 radical (unpaired) electrons. The van der Waals surface area contributed by atoms with Gasteiger partial charge in [-0.05, 0) is 42.3 Å². The highest BCUT2D eigenvalue weighted by atomic mass is 35.5. The van der Waals surface area contributed by atoms with Crippen molar-refractivity contribution in [3.8, 4) is 5.69 Å². The number of carbonyl (C=O) groups is 2. The van der Waals surface area contributed by atoms with Gasteiger partial charge in [0.05, 0.1) is 30.5 Å². The van der Waals surface area contributed by atoms with Crippen LogP contribution in [0, 0.1) is 6.92 Å². The summed E-state index contributed by atoms with van der Waals surface area (Å²) in [5.41, 5.74) is 3.25. The van der Waals surface area contributed by atoms with E-state index >= 15 is 0 Å². The average Bonchev–Trinajstić information content (AvgIpc) is 3.25. The zero-order valence-electron chi connectivity index (χ0n) is 20.8. The standard InChI is InChI=1S/C26H32ClN5O4/c1-16-20(27)9-6-10-21(16)29-25(36)30-23-13-22(26(2,3)4)31-32(23)18-8-5-7-17(11-18)12-24(35)28-14-19(34)15-33/h5-11,13,19,33-34H,12,14-15H2,1-4H3,(H,28,35)(H2,29,30,36). The number of halogens is 1. The zero-order chi connectivity index (χ0) is 26.5. The van der Waals surface area contributed by atoms with Gasteiger partial charge in [-0.15, -0.1) is 0 Å². The highest BCUT2D eigenvalue weighted by molar-refractivity contribution is 6.31. The first-order chi connectivity index (χ1) is 17.0. The first-order valence-corrected chi connectivity index (χ1v) is 11.9. The number of anilines is 2. The summed E-state index contributed by atoms with van der Waals surface area (Å²) in [7, 11) is 0. The number of aliphatic hydroxyl groups excluding tert-OH is 2. The lowest BCUT2D eigenvalue weighted by molar-refractivity contribution is -0.121. The molecule has 1 aromatic heterocycles. The predicted octanol–water partition coefficient (Wildman–Crippen LogP) is 3.79. The maximum Gasteiger partial charge on any atom is 0.324 e. The second-order valence-corrected chi connectivity index (χ2v) is 9.96. The van der Waals surface area contributed by atoms with Gasteiger partial charge in [-0.3, -0.25) is 10.1 Å². The molecule has 0 spiro atoms. The third kappa shape index (κ3) is 7.07. The summed E-state index contributed by atoms with van der Waals surface area (Å²) < 4.78 is 1.63. The van der Waals surface area contributed by atoms with Gasteiger partial charge in [0.2, 0.25) is 5.91 Å². The Morgan fingerprint density at radius 2 is 1.83 bits per heavy atom. The van der Waals surface area contributed by atoms with E-state index in [4.69, 9.17) is 21.8 Å². The number of carbonyl (C=O) groups excluding carboxylic acids is 2. The van der Waals surface area contributed by atoms with E-state index in [0.717, 1.165) is 16.8 Å². The minimum atomic E-state index is -1.00. The minimum Gasteiger partial charge on any atom is -0.394 e. The Morgan fingerprint density at radius 3 is 2.53 bits per heavy atom. The van der Waals surface area contributed by atoms with Gasteiger partial charge in [0.25, 0.3) is 0 Å². The van der Waals surface area contributed by atoms with Gasteiger partial charge >= 0.3 is 6.03 Å². The molecule has 9 nitrogen and oxygen atoms in total. The van der Waals surface area contributed by atoms with Crippen molar-refractivity contribution in [1.29, 1.82) is 0 Å². The molecule has 192 valence electrons. The van der Waals surface area contributed by atoms with Gasteiger partial charge in [-0.25, -0.2) is 9.48 Å². The van der Waals surface area contributed by atoms with E-state index in [1.54, 1.807) is 35.0 Å². The second kappa shape index (κ2) is 11.6. The third-order valence-corrected chi connectivity index (χ3v) is 5.91. The molecule has 2 aromatic carbocycles. The Kier molecular flexibility index (Phi) is 8.73. The van der Waals surface area contributed by atoms with Crippen molar-refractivity contribution >= 4 is 35.0 Å². The lowest BCUT2D eigenvalue weighted by Crippen LogP contribution is -2.34. The van der Waals surface area contributed by atoms with E-state index in [1.807, 2.05) is 45.9 Å². The zero-order valence-corrected chi connectivity index (χ0v) is 21.6.